The van der Waals surface area contributed by atoms with Crippen LogP contribution < -0.4 is 15.8 Å². The van der Waals surface area contributed by atoms with Crippen molar-refractivity contribution in [2.75, 3.05) is 19.0 Å². The molecule has 0 saturated carbocycles. The smallest absolute Gasteiger partial charge is 0.137 e. The van der Waals surface area contributed by atoms with Gasteiger partial charge in [0.1, 0.15) is 11.6 Å². The normalized spacial score (nSPS) is 12.6. The van der Waals surface area contributed by atoms with Gasteiger partial charge in [0.05, 0.1) is 13.3 Å². The zero-order chi connectivity index (χ0) is 11.3. The number of hydrogen-bond acceptors (Lipinski definition) is 4. The minimum Gasteiger partial charge on any atom is -0.495 e. The first-order valence-electron chi connectivity index (χ1n) is 5.13. The molecule has 0 saturated heterocycles. The number of nitrogens with zero attached hydrogens (tertiary/aromatic N) is 1. The zero-order valence-electron chi connectivity index (χ0n) is 9.53. The van der Waals surface area contributed by atoms with E-state index in [-0.39, 0.29) is 6.04 Å². The van der Waals surface area contributed by atoms with E-state index < -0.39 is 0 Å². The van der Waals surface area contributed by atoms with Crippen LogP contribution in [0.15, 0.2) is 18.3 Å². The molecule has 0 aliphatic rings. The summed E-state index contributed by atoms with van der Waals surface area (Å²) in [7, 11) is 1.62. The number of ether oxygens (including phenoxy) is 1. The van der Waals surface area contributed by atoms with Crippen LogP contribution in [0.25, 0.3) is 0 Å². The highest BCUT2D eigenvalue weighted by Gasteiger charge is 2.06. The van der Waals surface area contributed by atoms with Crippen LogP contribution in [0.2, 0.25) is 0 Å². The molecule has 0 aliphatic heterocycles. The number of anilines is 1. The highest BCUT2D eigenvalue weighted by Crippen LogP contribution is 2.11. The quantitative estimate of drug-likeness (QED) is 0.771. The van der Waals surface area contributed by atoms with Gasteiger partial charge in [-0.05, 0) is 18.1 Å². The van der Waals surface area contributed by atoms with Gasteiger partial charge in [-0.25, -0.2) is 4.98 Å². The Morgan fingerprint density at radius 1 is 1.47 bits per heavy atom. The van der Waals surface area contributed by atoms with E-state index in [9.17, 15) is 0 Å². The number of aromatic nitrogens is 1. The average molecular weight is 209 g/mol. The van der Waals surface area contributed by atoms with Crippen LogP contribution in [-0.4, -0.2) is 24.7 Å². The second-order valence-electron chi connectivity index (χ2n) is 3.87. The van der Waals surface area contributed by atoms with Crippen molar-refractivity contribution < 1.29 is 4.74 Å². The molecular weight excluding hydrogens is 190 g/mol. The van der Waals surface area contributed by atoms with E-state index in [0.717, 1.165) is 18.1 Å². The van der Waals surface area contributed by atoms with Crippen LogP contribution >= 0.6 is 0 Å². The standard InChI is InChI=1S/C11H19N3O/c1-8(2)10(12)7-14-11-5-4-9(15-3)6-13-11/h4-6,8,10H,7,12H2,1-3H3,(H,13,14). The fraction of sp³-hybridized carbons (Fsp3) is 0.545. The van der Waals surface area contributed by atoms with Crippen LogP contribution in [0.4, 0.5) is 5.82 Å². The molecule has 1 atom stereocenters. The fourth-order valence-electron chi connectivity index (χ4n) is 1.06. The van der Waals surface area contributed by atoms with Gasteiger partial charge in [-0.1, -0.05) is 13.8 Å². The molecule has 1 rings (SSSR count). The van der Waals surface area contributed by atoms with E-state index in [0.29, 0.717) is 5.92 Å². The molecule has 0 aliphatic carbocycles. The van der Waals surface area contributed by atoms with Crippen LogP contribution in [0.3, 0.4) is 0 Å². The summed E-state index contributed by atoms with van der Waals surface area (Å²) in [5, 5.41) is 3.19. The molecule has 0 fully saturated rings. The van der Waals surface area contributed by atoms with Crippen molar-refractivity contribution in [3.8, 4) is 5.75 Å². The van der Waals surface area contributed by atoms with Crippen molar-refractivity contribution in [2.45, 2.75) is 19.9 Å². The van der Waals surface area contributed by atoms with Crippen molar-refractivity contribution in [1.82, 2.24) is 4.98 Å². The number of hydrogen-bond donors (Lipinski definition) is 2. The van der Waals surface area contributed by atoms with Crippen LogP contribution in [0.1, 0.15) is 13.8 Å². The van der Waals surface area contributed by atoms with Gasteiger partial charge < -0.3 is 15.8 Å². The van der Waals surface area contributed by atoms with Crippen molar-refractivity contribution in [1.29, 1.82) is 0 Å². The first kappa shape index (κ1) is 11.8. The van der Waals surface area contributed by atoms with E-state index >= 15 is 0 Å². The number of methoxy groups -OCH3 is 1. The summed E-state index contributed by atoms with van der Waals surface area (Å²) in [6.45, 7) is 4.94. The Labute approximate surface area is 90.8 Å². The van der Waals surface area contributed by atoms with Gasteiger partial charge in [-0.15, -0.1) is 0 Å². The van der Waals surface area contributed by atoms with E-state index in [2.05, 4.69) is 24.1 Å². The Kier molecular flexibility index (Phi) is 4.37. The van der Waals surface area contributed by atoms with E-state index in [4.69, 9.17) is 10.5 Å². The minimum absolute atomic E-state index is 0.147. The van der Waals surface area contributed by atoms with E-state index in [1.807, 2.05) is 12.1 Å². The number of pyridine rings is 1. The Morgan fingerprint density at radius 2 is 2.20 bits per heavy atom. The Morgan fingerprint density at radius 3 is 2.67 bits per heavy atom. The summed E-state index contributed by atoms with van der Waals surface area (Å²) in [5.74, 6) is 2.05. The first-order valence-corrected chi connectivity index (χ1v) is 5.13. The Hall–Kier alpha value is -1.29. The third-order valence-electron chi connectivity index (χ3n) is 2.35. The number of nitrogens with two attached hydrogens (primary N) is 1. The van der Waals surface area contributed by atoms with Crippen molar-refractivity contribution in [2.24, 2.45) is 11.7 Å². The molecule has 4 heteroatoms. The molecule has 1 aromatic heterocycles. The van der Waals surface area contributed by atoms with Gasteiger partial charge in [-0.3, -0.25) is 0 Å². The third-order valence-corrected chi connectivity index (χ3v) is 2.35. The second kappa shape index (κ2) is 5.56. The molecule has 0 radical (unpaired) electrons. The van der Waals surface area contributed by atoms with Crippen LogP contribution in [-0.2, 0) is 0 Å². The van der Waals surface area contributed by atoms with Gasteiger partial charge in [-0.2, -0.15) is 0 Å². The first-order chi connectivity index (χ1) is 7.13. The molecule has 84 valence electrons. The highest BCUT2D eigenvalue weighted by molar-refractivity contribution is 5.37. The number of nitrogens with one attached hydrogen (secondary N) is 1. The third kappa shape index (κ3) is 3.75. The molecule has 1 aromatic rings. The number of rotatable bonds is 5. The Bertz CT molecular complexity index is 284. The van der Waals surface area contributed by atoms with Crippen molar-refractivity contribution in [3.63, 3.8) is 0 Å². The van der Waals surface area contributed by atoms with Crippen LogP contribution in [0.5, 0.6) is 5.75 Å². The summed E-state index contributed by atoms with van der Waals surface area (Å²) in [6, 6.07) is 3.90. The summed E-state index contributed by atoms with van der Waals surface area (Å²) >= 11 is 0. The maximum atomic E-state index is 5.91. The lowest BCUT2D eigenvalue weighted by molar-refractivity contribution is 0.413. The fourth-order valence-corrected chi connectivity index (χ4v) is 1.06. The lowest BCUT2D eigenvalue weighted by Gasteiger charge is -2.16. The summed E-state index contributed by atoms with van der Waals surface area (Å²) < 4.78 is 5.02. The molecule has 15 heavy (non-hydrogen) atoms. The average Bonchev–Trinajstić information content (AvgIpc) is 2.26. The van der Waals surface area contributed by atoms with Crippen LogP contribution in [0, 0.1) is 5.92 Å². The zero-order valence-corrected chi connectivity index (χ0v) is 9.53. The molecule has 0 aromatic carbocycles. The maximum Gasteiger partial charge on any atom is 0.137 e. The van der Waals surface area contributed by atoms with Gasteiger partial charge in [0.2, 0.25) is 0 Å². The lowest BCUT2D eigenvalue weighted by atomic mass is 10.1. The molecule has 1 heterocycles. The van der Waals surface area contributed by atoms with Gasteiger partial charge in [0.25, 0.3) is 0 Å². The molecule has 3 N–H and O–H groups in total. The summed E-state index contributed by atoms with van der Waals surface area (Å²) in [4.78, 5) is 4.19. The van der Waals surface area contributed by atoms with E-state index in [1.165, 1.54) is 0 Å². The SMILES string of the molecule is COc1ccc(NCC(N)C(C)C)nc1. The van der Waals surface area contributed by atoms with Gasteiger partial charge in [0, 0.05) is 12.6 Å². The minimum atomic E-state index is 0.147. The van der Waals surface area contributed by atoms with Gasteiger partial charge >= 0.3 is 0 Å². The summed E-state index contributed by atoms with van der Waals surface area (Å²) in [6.07, 6.45) is 1.68. The second-order valence-corrected chi connectivity index (χ2v) is 3.87. The summed E-state index contributed by atoms with van der Waals surface area (Å²) in [5.41, 5.74) is 5.91. The Balaban J connectivity index is 2.44. The largest absolute Gasteiger partial charge is 0.495 e. The molecule has 1 unspecified atom stereocenters. The molecule has 0 bridgehead atoms. The van der Waals surface area contributed by atoms with Crippen molar-refractivity contribution in [3.05, 3.63) is 18.3 Å². The molecule has 0 spiro atoms. The predicted octanol–water partition coefficient (Wildman–Crippen LogP) is 1.49. The highest BCUT2D eigenvalue weighted by atomic mass is 16.5. The maximum absolute atomic E-state index is 5.91. The lowest BCUT2D eigenvalue weighted by Crippen LogP contribution is -2.34. The topological polar surface area (TPSA) is 60.2 Å². The molecule has 4 nitrogen and oxygen atoms in total. The van der Waals surface area contributed by atoms with Crippen molar-refractivity contribution >= 4 is 5.82 Å². The van der Waals surface area contributed by atoms with E-state index in [1.54, 1.807) is 13.3 Å². The van der Waals surface area contributed by atoms with Gasteiger partial charge in [0.15, 0.2) is 0 Å². The predicted molar refractivity (Wildman–Crippen MR) is 62.1 cm³/mol. The molecular formula is C11H19N3O. The monoisotopic (exact) mass is 209 g/mol. The molecule has 0 amide bonds.